The Morgan fingerprint density at radius 3 is 2.37 bits per heavy atom. The van der Waals surface area contributed by atoms with E-state index in [9.17, 15) is 14.4 Å². The van der Waals surface area contributed by atoms with Crippen molar-refractivity contribution in [3.8, 4) is 27.7 Å². The molecule has 444 valence electrons. The third kappa shape index (κ3) is 12.3. The van der Waals surface area contributed by atoms with Crippen LogP contribution in [0.3, 0.4) is 0 Å². The molecule has 5 atom stereocenters. The van der Waals surface area contributed by atoms with Crippen molar-refractivity contribution >= 4 is 63.1 Å². The number of nitrogens with one attached hydrogen (secondary N) is 1. The number of hydrogen-bond donors (Lipinski definition) is 1. The molecule has 0 spiro atoms. The molecular formula is C65H80FN11O6S. The number of hydrogen-bond acceptors (Lipinski definition) is 15. The Hall–Kier alpha value is -7.25. The van der Waals surface area contributed by atoms with Gasteiger partial charge in [0.2, 0.25) is 12.3 Å². The quantitative estimate of drug-likeness (QED) is 0.0905. The van der Waals surface area contributed by atoms with Gasteiger partial charge >= 0.3 is 12.1 Å². The van der Waals surface area contributed by atoms with Crippen molar-refractivity contribution in [1.29, 1.82) is 0 Å². The minimum atomic E-state index is -0.456. The number of amides is 3. The molecule has 84 heavy (non-hydrogen) atoms. The number of fused-ring (bicyclic) bond motifs is 3. The molecule has 19 heteroatoms. The summed E-state index contributed by atoms with van der Waals surface area (Å²) in [6.45, 7) is 19.1. The van der Waals surface area contributed by atoms with E-state index in [1.807, 2.05) is 49.7 Å². The van der Waals surface area contributed by atoms with E-state index in [4.69, 9.17) is 28.9 Å². The molecule has 5 aliphatic rings. The molecule has 3 amide bonds. The Balaban J connectivity index is 0.000000256. The SMILES string of the molecule is CCc1cccc2cccc(-c3ncc4c(N5CCCCCC5)nc(OCC56CCCN5C(COC(=O)N5CCN(c7cc(C(C)C(C)C)on7)CC5)CC6)nc4c3F)c12.Cc1ncsc1-c1ccc(C(C)NC(=O)C2CCCN2C=O)cc1. The first-order valence-electron chi connectivity index (χ1n) is 30.5. The summed E-state index contributed by atoms with van der Waals surface area (Å²) in [4.78, 5) is 67.1. The molecule has 5 fully saturated rings. The molecule has 0 bridgehead atoms. The summed E-state index contributed by atoms with van der Waals surface area (Å²) in [7, 11) is 0. The molecule has 9 heterocycles. The minimum absolute atomic E-state index is 0.0746. The fourth-order valence-corrected chi connectivity index (χ4v) is 13.9. The van der Waals surface area contributed by atoms with E-state index in [1.54, 1.807) is 27.3 Å². The lowest BCUT2D eigenvalue weighted by Crippen LogP contribution is -2.50. The second-order valence-electron chi connectivity index (χ2n) is 23.9. The predicted octanol–water partition coefficient (Wildman–Crippen LogP) is 11.9. The van der Waals surface area contributed by atoms with Gasteiger partial charge in [-0.15, -0.1) is 11.3 Å². The van der Waals surface area contributed by atoms with E-state index < -0.39 is 5.82 Å². The topological polar surface area (TPSA) is 175 Å². The first kappa shape index (κ1) is 58.5. The first-order valence-corrected chi connectivity index (χ1v) is 31.4. The zero-order chi connectivity index (χ0) is 58.5. The van der Waals surface area contributed by atoms with Gasteiger partial charge in [0.1, 0.15) is 42.0 Å². The maximum atomic E-state index is 17.1. The molecule has 0 aliphatic carbocycles. The number of pyridine rings is 1. The molecule has 12 rings (SSSR count). The highest BCUT2D eigenvalue weighted by atomic mass is 32.1. The molecule has 17 nitrogen and oxygen atoms in total. The molecule has 0 radical (unpaired) electrons. The van der Waals surface area contributed by atoms with Crippen molar-refractivity contribution < 1.29 is 32.8 Å². The van der Waals surface area contributed by atoms with Crippen LogP contribution in [-0.4, -0.2) is 141 Å². The number of piperazine rings is 1. The molecule has 1 N–H and O–H groups in total. The molecule has 0 saturated carbocycles. The lowest BCUT2D eigenvalue weighted by molar-refractivity contribution is -0.131. The maximum absolute atomic E-state index is 17.1. The van der Waals surface area contributed by atoms with Gasteiger partial charge in [0, 0.05) is 75.6 Å². The summed E-state index contributed by atoms with van der Waals surface area (Å²) >= 11 is 1.63. The van der Waals surface area contributed by atoms with Gasteiger partial charge in [0.05, 0.1) is 33.0 Å². The number of rotatable bonds is 16. The van der Waals surface area contributed by atoms with E-state index in [2.05, 4.69) is 94.3 Å². The normalized spacial score (nSPS) is 20.9. The molecule has 4 aromatic heterocycles. The third-order valence-electron chi connectivity index (χ3n) is 18.4. The summed E-state index contributed by atoms with van der Waals surface area (Å²) in [5, 5.41) is 10.0. The third-order valence-corrected chi connectivity index (χ3v) is 19.4. The van der Waals surface area contributed by atoms with Crippen LogP contribution in [0.1, 0.15) is 133 Å². The lowest BCUT2D eigenvalue weighted by atomic mass is 9.95. The van der Waals surface area contributed by atoms with Crippen LogP contribution in [0.15, 0.2) is 83.0 Å². The van der Waals surface area contributed by atoms with Crippen LogP contribution < -0.4 is 19.9 Å². The highest BCUT2D eigenvalue weighted by molar-refractivity contribution is 7.13. The van der Waals surface area contributed by atoms with Crippen LogP contribution in [-0.2, 0) is 20.7 Å². The Bertz CT molecular complexity index is 3430. The average molecular weight is 1160 g/mol. The molecule has 5 aliphatic heterocycles. The molecule has 3 aromatic carbocycles. The number of aromatic nitrogens is 5. The number of benzene rings is 3. The number of nitrogens with zero attached hydrogens (tertiary/aromatic N) is 10. The van der Waals surface area contributed by atoms with Crippen molar-refractivity contribution in [2.45, 2.75) is 142 Å². The molecule has 5 unspecified atom stereocenters. The first-order chi connectivity index (χ1) is 40.8. The van der Waals surface area contributed by atoms with Crippen molar-refractivity contribution in [1.82, 2.24) is 45.1 Å². The maximum Gasteiger partial charge on any atom is 0.409 e. The smallest absolute Gasteiger partial charge is 0.409 e. The number of carbonyl (C=O) groups excluding carboxylic acids is 3. The van der Waals surface area contributed by atoms with Crippen LogP contribution >= 0.6 is 11.3 Å². The van der Waals surface area contributed by atoms with E-state index in [-0.39, 0.29) is 52.9 Å². The Kier molecular flexibility index (Phi) is 18.1. The Morgan fingerprint density at radius 2 is 1.64 bits per heavy atom. The second-order valence-corrected chi connectivity index (χ2v) is 24.7. The zero-order valence-electron chi connectivity index (χ0n) is 49.5. The van der Waals surface area contributed by atoms with Crippen molar-refractivity contribution in [3.05, 3.63) is 107 Å². The van der Waals surface area contributed by atoms with Gasteiger partial charge in [-0.3, -0.25) is 19.5 Å². The number of thiazole rings is 1. The number of carbonyl (C=O) groups is 3. The van der Waals surface area contributed by atoms with Gasteiger partial charge in [0.15, 0.2) is 11.6 Å². The number of ether oxygens (including phenoxy) is 2. The van der Waals surface area contributed by atoms with Gasteiger partial charge in [-0.05, 0) is 112 Å². The van der Waals surface area contributed by atoms with E-state index in [0.29, 0.717) is 69.0 Å². The summed E-state index contributed by atoms with van der Waals surface area (Å²) in [5.74, 6) is 2.64. The average Bonchev–Trinajstić information content (AvgIpc) is 3.78. The Labute approximate surface area is 496 Å². The van der Waals surface area contributed by atoms with Crippen molar-refractivity contribution in [2.24, 2.45) is 5.92 Å². The summed E-state index contributed by atoms with van der Waals surface area (Å²) < 4.78 is 35.3. The lowest BCUT2D eigenvalue weighted by Gasteiger charge is -2.36. The van der Waals surface area contributed by atoms with Gasteiger partial charge in [-0.1, -0.05) is 106 Å². The standard InChI is InChI=1S/C47H59FN8O4.C18H21N3O2S/c1-5-33-13-10-14-34-15-11-16-36(40(33)34)42-41(48)43-37(28-49-42)44(54-20-8-6-7-9-21-54)51-45(50-43)59-30-47-18-12-22-56(47)35(17-19-47)29-58-46(57)55-25-23-53(24-26-55)39-27-38(60-52-39)32(4)31(2)3;1-12(20-18(23)16-4-3-9-21(16)11-22)14-5-7-15(8-6-14)17-13(2)19-10-24-17/h10-11,13-16,27-28,31-32,35H,5-9,12,17-26,29-30H2,1-4H3;5-8,10-12,16H,3-4,9H2,1-2H3,(H,20,23). The minimum Gasteiger partial charge on any atom is -0.461 e. The molecular weight excluding hydrogens is 1080 g/mol. The highest BCUT2D eigenvalue weighted by Gasteiger charge is 2.50. The number of likely N-dealkylation sites (tertiary alicyclic amines) is 1. The van der Waals surface area contributed by atoms with Crippen molar-refractivity contribution in [2.75, 3.05) is 75.4 Å². The second kappa shape index (κ2) is 25.9. The van der Waals surface area contributed by atoms with Gasteiger partial charge in [-0.2, -0.15) is 9.97 Å². The van der Waals surface area contributed by atoms with Gasteiger partial charge < -0.3 is 38.9 Å². The highest BCUT2D eigenvalue weighted by Crippen LogP contribution is 2.44. The van der Waals surface area contributed by atoms with Crippen LogP contribution in [0.2, 0.25) is 0 Å². The van der Waals surface area contributed by atoms with E-state index in [0.717, 1.165) is 147 Å². The zero-order valence-corrected chi connectivity index (χ0v) is 50.3. The monoisotopic (exact) mass is 1160 g/mol. The summed E-state index contributed by atoms with van der Waals surface area (Å²) in [5.41, 5.74) is 7.28. The van der Waals surface area contributed by atoms with Crippen molar-refractivity contribution in [3.63, 3.8) is 0 Å². The van der Waals surface area contributed by atoms with Crippen LogP contribution in [0, 0.1) is 18.7 Å². The summed E-state index contributed by atoms with van der Waals surface area (Å²) in [6.07, 6.45) is 12.9. The van der Waals surface area contributed by atoms with Crippen LogP contribution in [0.4, 0.5) is 20.8 Å². The van der Waals surface area contributed by atoms with Gasteiger partial charge in [-0.25, -0.2) is 14.2 Å². The van der Waals surface area contributed by atoms with Crippen LogP contribution in [0.25, 0.3) is 43.4 Å². The van der Waals surface area contributed by atoms with Gasteiger partial charge in [0.25, 0.3) is 0 Å². The fraction of sp³-hybridized carbons (Fsp3) is 0.508. The Morgan fingerprint density at radius 1 is 0.869 bits per heavy atom. The van der Waals surface area contributed by atoms with E-state index >= 15 is 4.39 Å². The fourth-order valence-electron chi connectivity index (χ4n) is 13.1. The molecule has 7 aromatic rings. The van der Waals surface area contributed by atoms with Crippen LogP contribution in [0.5, 0.6) is 6.01 Å². The number of halogens is 1. The number of anilines is 2. The summed E-state index contributed by atoms with van der Waals surface area (Å²) in [6, 6.07) is 22.3. The molecule has 5 saturated heterocycles. The predicted molar refractivity (Wildman–Crippen MR) is 327 cm³/mol. The largest absolute Gasteiger partial charge is 0.461 e. The van der Waals surface area contributed by atoms with E-state index in [1.165, 1.54) is 4.88 Å². The number of aryl methyl sites for hydroxylation is 2.